The van der Waals surface area contributed by atoms with Crippen molar-refractivity contribution in [2.75, 3.05) is 0 Å². The van der Waals surface area contributed by atoms with Gasteiger partial charge in [0.15, 0.2) is 0 Å². The van der Waals surface area contributed by atoms with Gasteiger partial charge in [-0.15, -0.1) is 0 Å². The molecule has 2 unspecified atom stereocenters. The van der Waals surface area contributed by atoms with Gasteiger partial charge in [0.1, 0.15) is 5.60 Å². The van der Waals surface area contributed by atoms with Gasteiger partial charge >= 0.3 is 5.97 Å². The second kappa shape index (κ2) is 4.93. The van der Waals surface area contributed by atoms with E-state index in [1.54, 1.807) is 0 Å². The second-order valence-corrected chi connectivity index (χ2v) is 3.42. The van der Waals surface area contributed by atoms with Crippen LogP contribution in [0.1, 0.15) is 20.8 Å². The van der Waals surface area contributed by atoms with E-state index in [1.165, 1.54) is 39.0 Å². The van der Waals surface area contributed by atoms with E-state index in [4.69, 9.17) is 10.2 Å². The molecule has 0 aromatic heterocycles. The summed E-state index contributed by atoms with van der Waals surface area (Å²) in [5.41, 5.74) is -1.17. The molecule has 80 valence electrons. The minimum atomic E-state index is -1.34. The largest absolute Gasteiger partial charge is 0.478 e. The molecule has 0 aromatic rings. The Labute approximate surface area is 83.2 Å². The standard InChI is InChI=1S/C10H16O4/c1-7(9(12)13)5-4-6-10(3,14)8(2)11/h4-6,8,11,14H,1-3H3,(H,12,13). The average molecular weight is 200 g/mol. The Morgan fingerprint density at radius 3 is 2.36 bits per heavy atom. The van der Waals surface area contributed by atoms with E-state index in [1.807, 2.05) is 0 Å². The molecule has 4 nitrogen and oxygen atoms in total. The number of carboxylic acids is 1. The van der Waals surface area contributed by atoms with Crippen LogP contribution >= 0.6 is 0 Å². The number of carbonyl (C=O) groups is 1. The van der Waals surface area contributed by atoms with Crippen molar-refractivity contribution < 1.29 is 20.1 Å². The highest BCUT2D eigenvalue weighted by Gasteiger charge is 2.22. The summed E-state index contributed by atoms with van der Waals surface area (Å²) in [6.07, 6.45) is 3.22. The summed E-state index contributed by atoms with van der Waals surface area (Å²) in [6, 6.07) is 0. The lowest BCUT2D eigenvalue weighted by Gasteiger charge is -2.21. The van der Waals surface area contributed by atoms with Gasteiger partial charge in [-0.25, -0.2) is 4.79 Å². The van der Waals surface area contributed by atoms with Crippen molar-refractivity contribution in [3.8, 4) is 0 Å². The molecule has 0 saturated carbocycles. The number of aliphatic hydroxyl groups excluding tert-OH is 1. The fourth-order valence-corrected chi connectivity index (χ4v) is 0.598. The molecule has 0 heterocycles. The summed E-state index contributed by atoms with van der Waals surface area (Å²) in [4.78, 5) is 10.4. The number of carboxylic acid groups (broad SMARTS) is 1. The SMILES string of the molecule is CC(=CC=CC(C)(O)C(C)O)C(=O)O. The summed E-state index contributed by atoms with van der Waals surface area (Å²) < 4.78 is 0. The van der Waals surface area contributed by atoms with Crippen LogP contribution < -0.4 is 0 Å². The molecule has 0 saturated heterocycles. The second-order valence-electron chi connectivity index (χ2n) is 3.42. The Balaban J connectivity index is 4.47. The van der Waals surface area contributed by atoms with Gasteiger partial charge in [-0.2, -0.15) is 0 Å². The highest BCUT2D eigenvalue weighted by atomic mass is 16.4. The van der Waals surface area contributed by atoms with E-state index < -0.39 is 17.7 Å². The Kier molecular flexibility index (Phi) is 4.53. The zero-order valence-electron chi connectivity index (χ0n) is 8.56. The summed E-state index contributed by atoms with van der Waals surface area (Å²) in [5, 5.41) is 27.2. The minimum absolute atomic E-state index is 0.169. The predicted molar refractivity (Wildman–Crippen MR) is 52.8 cm³/mol. The van der Waals surface area contributed by atoms with Crippen molar-refractivity contribution in [3.05, 3.63) is 23.8 Å². The minimum Gasteiger partial charge on any atom is -0.478 e. The molecule has 0 radical (unpaired) electrons. The van der Waals surface area contributed by atoms with Gasteiger partial charge in [-0.05, 0) is 20.8 Å². The summed E-state index contributed by atoms with van der Waals surface area (Å²) in [6.45, 7) is 4.35. The van der Waals surface area contributed by atoms with Crippen LogP contribution in [0.15, 0.2) is 23.8 Å². The van der Waals surface area contributed by atoms with Gasteiger partial charge in [-0.1, -0.05) is 18.2 Å². The molecule has 0 bridgehead atoms. The lowest BCUT2D eigenvalue weighted by atomic mass is 10.00. The van der Waals surface area contributed by atoms with Crippen LogP contribution in [0.25, 0.3) is 0 Å². The average Bonchev–Trinajstić information content (AvgIpc) is 2.03. The Morgan fingerprint density at radius 1 is 1.50 bits per heavy atom. The van der Waals surface area contributed by atoms with Crippen LogP contribution in [0.4, 0.5) is 0 Å². The third kappa shape index (κ3) is 4.20. The van der Waals surface area contributed by atoms with Crippen LogP contribution in [0, 0.1) is 0 Å². The van der Waals surface area contributed by atoms with Crippen LogP contribution in [0.5, 0.6) is 0 Å². The maximum atomic E-state index is 10.4. The molecule has 0 aromatic carbocycles. The van der Waals surface area contributed by atoms with Gasteiger partial charge < -0.3 is 15.3 Å². The molecule has 0 spiro atoms. The first-order valence-corrected chi connectivity index (χ1v) is 4.27. The Morgan fingerprint density at radius 2 is 2.00 bits per heavy atom. The normalized spacial score (nSPS) is 19.4. The molecular formula is C10H16O4. The molecule has 0 fully saturated rings. The number of hydrogen-bond acceptors (Lipinski definition) is 3. The van der Waals surface area contributed by atoms with Gasteiger partial charge in [0.05, 0.1) is 6.10 Å². The van der Waals surface area contributed by atoms with E-state index in [9.17, 15) is 9.90 Å². The number of allylic oxidation sites excluding steroid dienone is 2. The molecule has 0 amide bonds. The molecule has 0 aliphatic heterocycles. The first-order valence-electron chi connectivity index (χ1n) is 4.27. The van der Waals surface area contributed by atoms with E-state index in [-0.39, 0.29) is 5.57 Å². The van der Waals surface area contributed by atoms with Crippen molar-refractivity contribution in [2.45, 2.75) is 32.5 Å². The van der Waals surface area contributed by atoms with E-state index >= 15 is 0 Å². The predicted octanol–water partition coefficient (Wildman–Crippen LogP) is 0.705. The van der Waals surface area contributed by atoms with Crippen molar-refractivity contribution in [3.63, 3.8) is 0 Å². The van der Waals surface area contributed by atoms with E-state index in [0.29, 0.717) is 0 Å². The van der Waals surface area contributed by atoms with Crippen LogP contribution in [-0.4, -0.2) is 33.0 Å². The number of aliphatic carboxylic acids is 1. The molecule has 0 aliphatic rings. The maximum Gasteiger partial charge on any atom is 0.331 e. The molecule has 2 atom stereocenters. The van der Waals surface area contributed by atoms with Crippen molar-refractivity contribution in [1.82, 2.24) is 0 Å². The smallest absolute Gasteiger partial charge is 0.331 e. The summed E-state index contributed by atoms with van der Waals surface area (Å²) >= 11 is 0. The van der Waals surface area contributed by atoms with Crippen LogP contribution in [0.3, 0.4) is 0 Å². The highest BCUT2D eigenvalue weighted by Crippen LogP contribution is 2.11. The lowest BCUT2D eigenvalue weighted by Crippen LogP contribution is -2.34. The fraction of sp³-hybridized carbons (Fsp3) is 0.500. The first kappa shape index (κ1) is 12.9. The molecule has 14 heavy (non-hydrogen) atoms. The molecular weight excluding hydrogens is 184 g/mol. The van der Waals surface area contributed by atoms with Crippen molar-refractivity contribution in [2.24, 2.45) is 0 Å². The lowest BCUT2D eigenvalue weighted by molar-refractivity contribution is -0.132. The van der Waals surface area contributed by atoms with Gasteiger partial charge in [0.25, 0.3) is 0 Å². The Hall–Kier alpha value is -1.13. The fourth-order valence-electron chi connectivity index (χ4n) is 0.598. The summed E-state index contributed by atoms with van der Waals surface area (Å²) in [5.74, 6) is -1.01. The maximum absolute atomic E-state index is 10.4. The molecule has 0 rings (SSSR count). The Bertz CT molecular complexity index is 261. The first-order chi connectivity index (χ1) is 6.27. The quantitative estimate of drug-likeness (QED) is 0.461. The molecule has 3 N–H and O–H groups in total. The molecule has 4 heteroatoms. The van der Waals surface area contributed by atoms with Crippen molar-refractivity contribution in [1.29, 1.82) is 0 Å². The summed E-state index contributed by atoms with van der Waals surface area (Å²) in [7, 11) is 0. The van der Waals surface area contributed by atoms with Crippen LogP contribution in [0.2, 0.25) is 0 Å². The number of rotatable bonds is 4. The van der Waals surface area contributed by atoms with E-state index in [0.717, 1.165) is 0 Å². The number of hydrogen-bond donors (Lipinski definition) is 3. The zero-order valence-corrected chi connectivity index (χ0v) is 8.56. The van der Waals surface area contributed by atoms with Gasteiger partial charge in [0, 0.05) is 5.57 Å². The van der Waals surface area contributed by atoms with Gasteiger partial charge in [0.2, 0.25) is 0 Å². The number of aliphatic hydroxyl groups is 2. The third-order valence-corrected chi connectivity index (χ3v) is 1.96. The van der Waals surface area contributed by atoms with Gasteiger partial charge in [-0.3, -0.25) is 0 Å². The topological polar surface area (TPSA) is 77.8 Å². The van der Waals surface area contributed by atoms with Crippen molar-refractivity contribution >= 4 is 5.97 Å². The van der Waals surface area contributed by atoms with E-state index in [2.05, 4.69) is 0 Å². The monoisotopic (exact) mass is 200 g/mol. The third-order valence-electron chi connectivity index (χ3n) is 1.96. The highest BCUT2D eigenvalue weighted by molar-refractivity contribution is 5.86. The molecule has 0 aliphatic carbocycles. The zero-order chi connectivity index (χ0) is 11.4. The van der Waals surface area contributed by atoms with Crippen LogP contribution in [-0.2, 0) is 4.79 Å².